The van der Waals surface area contributed by atoms with Gasteiger partial charge in [0.2, 0.25) is 0 Å². The summed E-state index contributed by atoms with van der Waals surface area (Å²) in [5, 5.41) is 15.4. The Morgan fingerprint density at radius 2 is 2.22 bits per heavy atom. The molecule has 0 spiro atoms. The maximum absolute atomic E-state index is 10.0. The molecule has 0 saturated heterocycles. The predicted octanol–water partition coefficient (Wildman–Crippen LogP) is 2.74. The fourth-order valence-electron chi connectivity index (χ4n) is 1.80. The van der Waals surface area contributed by atoms with Gasteiger partial charge in [0.05, 0.1) is 11.8 Å². The largest absolute Gasteiger partial charge is 0.388 e. The van der Waals surface area contributed by atoms with Crippen LogP contribution in [-0.2, 0) is 6.54 Å². The van der Waals surface area contributed by atoms with Crippen LogP contribution in [0.2, 0.25) is 0 Å². The van der Waals surface area contributed by atoms with Crippen molar-refractivity contribution in [1.29, 1.82) is 0 Å². The van der Waals surface area contributed by atoms with Crippen LogP contribution in [0.3, 0.4) is 0 Å². The first-order valence-corrected chi connectivity index (χ1v) is 6.98. The lowest BCUT2D eigenvalue weighted by Crippen LogP contribution is -2.27. The van der Waals surface area contributed by atoms with Crippen LogP contribution in [0.5, 0.6) is 0 Å². The number of hydrogen-bond donors (Lipinski definition) is 2. The smallest absolute Gasteiger partial charge is 0.0896 e. The van der Waals surface area contributed by atoms with E-state index in [0.717, 1.165) is 17.1 Å². The molecule has 0 aromatic carbocycles. The maximum atomic E-state index is 10.0. The monoisotopic (exact) mass is 262 g/mol. The first kappa shape index (κ1) is 13.2. The Bertz CT molecular complexity index is 444. The highest BCUT2D eigenvalue weighted by molar-refractivity contribution is 7.10. The molecule has 0 amide bonds. The van der Waals surface area contributed by atoms with Gasteiger partial charge >= 0.3 is 0 Å². The van der Waals surface area contributed by atoms with E-state index in [1.807, 2.05) is 35.7 Å². The SMILES string of the molecule is CC(CC(O)c1cccs1)NCc1ccccn1. The minimum Gasteiger partial charge on any atom is -0.388 e. The zero-order valence-electron chi connectivity index (χ0n) is 10.4. The van der Waals surface area contributed by atoms with E-state index in [4.69, 9.17) is 0 Å². The van der Waals surface area contributed by atoms with Gasteiger partial charge in [-0.25, -0.2) is 0 Å². The minimum atomic E-state index is -0.378. The molecule has 0 aliphatic heterocycles. The molecule has 0 radical (unpaired) electrons. The van der Waals surface area contributed by atoms with Crippen LogP contribution in [0, 0.1) is 0 Å². The summed E-state index contributed by atoms with van der Waals surface area (Å²) in [6.07, 6.45) is 2.13. The normalized spacial score (nSPS) is 14.3. The molecule has 96 valence electrons. The second-order valence-electron chi connectivity index (χ2n) is 4.37. The molecular formula is C14H18N2OS. The van der Waals surface area contributed by atoms with E-state index in [-0.39, 0.29) is 12.1 Å². The van der Waals surface area contributed by atoms with Crippen LogP contribution in [0.15, 0.2) is 41.9 Å². The average Bonchev–Trinajstić information content (AvgIpc) is 2.91. The molecule has 3 nitrogen and oxygen atoms in total. The Hall–Kier alpha value is -1.23. The zero-order chi connectivity index (χ0) is 12.8. The number of nitrogens with zero attached hydrogens (tertiary/aromatic N) is 1. The number of nitrogens with one attached hydrogen (secondary N) is 1. The van der Waals surface area contributed by atoms with Gasteiger partial charge in [-0.3, -0.25) is 4.98 Å². The number of aliphatic hydroxyl groups is 1. The number of rotatable bonds is 6. The van der Waals surface area contributed by atoms with E-state index < -0.39 is 0 Å². The van der Waals surface area contributed by atoms with Gasteiger partial charge in [0.1, 0.15) is 0 Å². The van der Waals surface area contributed by atoms with E-state index in [0.29, 0.717) is 6.42 Å². The van der Waals surface area contributed by atoms with Crippen molar-refractivity contribution in [3.8, 4) is 0 Å². The molecule has 2 heterocycles. The molecule has 2 aromatic rings. The van der Waals surface area contributed by atoms with Gasteiger partial charge in [-0.2, -0.15) is 0 Å². The van der Waals surface area contributed by atoms with Gasteiger partial charge in [0, 0.05) is 23.7 Å². The standard InChI is InChI=1S/C14H18N2OS/c1-11(9-13(17)14-6-4-8-18-14)16-10-12-5-2-3-7-15-12/h2-8,11,13,16-17H,9-10H2,1H3. The molecule has 2 rings (SSSR count). The van der Waals surface area contributed by atoms with E-state index >= 15 is 0 Å². The number of thiophene rings is 1. The summed E-state index contributed by atoms with van der Waals surface area (Å²) in [6, 6.07) is 10.1. The van der Waals surface area contributed by atoms with Crippen molar-refractivity contribution in [1.82, 2.24) is 10.3 Å². The first-order valence-electron chi connectivity index (χ1n) is 6.10. The van der Waals surface area contributed by atoms with Crippen molar-refractivity contribution >= 4 is 11.3 Å². The highest BCUT2D eigenvalue weighted by Crippen LogP contribution is 2.22. The molecule has 0 saturated carbocycles. The van der Waals surface area contributed by atoms with Crippen molar-refractivity contribution in [2.75, 3.05) is 0 Å². The van der Waals surface area contributed by atoms with Gasteiger partial charge in [-0.1, -0.05) is 12.1 Å². The Kier molecular flexibility index (Phi) is 4.87. The maximum Gasteiger partial charge on any atom is 0.0896 e. The molecule has 0 aliphatic rings. The van der Waals surface area contributed by atoms with Gasteiger partial charge in [0.25, 0.3) is 0 Å². The summed E-state index contributed by atoms with van der Waals surface area (Å²) >= 11 is 1.60. The van der Waals surface area contributed by atoms with E-state index in [2.05, 4.69) is 17.2 Å². The topological polar surface area (TPSA) is 45.1 Å². The molecule has 4 heteroatoms. The van der Waals surface area contributed by atoms with Gasteiger partial charge < -0.3 is 10.4 Å². The zero-order valence-corrected chi connectivity index (χ0v) is 11.2. The number of pyridine rings is 1. The van der Waals surface area contributed by atoms with Crippen molar-refractivity contribution in [3.63, 3.8) is 0 Å². The highest BCUT2D eigenvalue weighted by Gasteiger charge is 2.12. The lowest BCUT2D eigenvalue weighted by atomic mass is 10.1. The van der Waals surface area contributed by atoms with Crippen molar-refractivity contribution in [2.45, 2.75) is 32.0 Å². The van der Waals surface area contributed by atoms with Gasteiger partial charge in [-0.15, -0.1) is 11.3 Å². The van der Waals surface area contributed by atoms with Crippen LogP contribution in [0.1, 0.15) is 30.0 Å². The van der Waals surface area contributed by atoms with Gasteiger partial charge in [0.15, 0.2) is 0 Å². The van der Waals surface area contributed by atoms with E-state index in [1.165, 1.54) is 0 Å². The van der Waals surface area contributed by atoms with Crippen LogP contribution in [0.25, 0.3) is 0 Å². The summed E-state index contributed by atoms with van der Waals surface area (Å²) in [4.78, 5) is 5.29. The van der Waals surface area contributed by atoms with Crippen molar-refractivity contribution in [2.24, 2.45) is 0 Å². The predicted molar refractivity (Wildman–Crippen MR) is 74.4 cm³/mol. The second kappa shape index (κ2) is 6.64. The fraction of sp³-hybridized carbons (Fsp3) is 0.357. The lowest BCUT2D eigenvalue weighted by Gasteiger charge is -2.16. The second-order valence-corrected chi connectivity index (χ2v) is 5.35. The molecule has 0 fully saturated rings. The third-order valence-electron chi connectivity index (χ3n) is 2.81. The lowest BCUT2D eigenvalue weighted by molar-refractivity contribution is 0.157. The molecule has 2 N–H and O–H groups in total. The molecule has 18 heavy (non-hydrogen) atoms. The Labute approximate surface area is 112 Å². The minimum absolute atomic E-state index is 0.254. The van der Waals surface area contributed by atoms with Gasteiger partial charge in [-0.05, 0) is 36.9 Å². The first-order chi connectivity index (χ1) is 8.75. The molecule has 2 unspecified atom stereocenters. The van der Waals surface area contributed by atoms with Crippen LogP contribution in [-0.4, -0.2) is 16.1 Å². The average molecular weight is 262 g/mol. The van der Waals surface area contributed by atoms with E-state index in [9.17, 15) is 5.11 Å². The highest BCUT2D eigenvalue weighted by atomic mass is 32.1. The molecule has 2 aromatic heterocycles. The van der Waals surface area contributed by atoms with Crippen molar-refractivity contribution < 1.29 is 5.11 Å². The molecular weight excluding hydrogens is 244 g/mol. The van der Waals surface area contributed by atoms with Crippen LogP contribution in [0.4, 0.5) is 0 Å². The summed E-state index contributed by atoms with van der Waals surface area (Å²) in [5.41, 5.74) is 1.02. The summed E-state index contributed by atoms with van der Waals surface area (Å²) in [5.74, 6) is 0. The third kappa shape index (κ3) is 3.91. The Balaban J connectivity index is 1.77. The van der Waals surface area contributed by atoms with E-state index in [1.54, 1.807) is 17.5 Å². The van der Waals surface area contributed by atoms with Crippen LogP contribution >= 0.6 is 11.3 Å². The summed E-state index contributed by atoms with van der Waals surface area (Å²) in [6.45, 7) is 2.82. The fourth-order valence-corrected chi connectivity index (χ4v) is 2.52. The Morgan fingerprint density at radius 1 is 1.33 bits per heavy atom. The molecule has 2 atom stereocenters. The van der Waals surface area contributed by atoms with Crippen molar-refractivity contribution in [3.05, 3.63) is 52.5 Å². The Morgan fingerprint density at radius 3 is 2.89 bits per heavy atom. The third-order valence-corrected chi connectivity index (χ3v) is 3.78. The molecule has 0 bridgehead atoms. The summed E-state index contributed by atoms with van der Waals surface area (Å²) < 4.78 is 0. The quantitative estimate of drug-likeness (QED) is 0.841. The molecule has 0 aliphatic carbocycles. The number of aromatic nitrogens is 1. The van der Waals surface area contributed by atoms with Crippen LogP contribution < -0.4 is 5.32 Å². The summed E-state index contributed by atoms with van der Waals surface area (Å²) in [7, 11) is 0. The number of aliphatic hydroxyl groups excluding tert-OH is 1. The number of hydrogen-bond acceptors (Lipinski definition) is 4.